The Bertz CT molecular complexity index is 743. The van der Waals surface area contributed by atoms with Gasteiger partial charge >= 0.3 is 0 Å². The second kappa shape index (κ2) is 9.59. The van der Waals surface area contributed by atoms with E-state index in [-0.39, 0.29) is 21.8 Å². The smallest absolute Gasteiger partial charge is 0.172 e. The molecule has 0 aliphatic heterocycles. The van der Waals surface area contributed by atoms with Crippen molar-refractivity contribution in [2.24, 2.45) is 0 Å². The van der Waals surface area contributed by atoms with E-state index in [9.17, 15) is 17.6 Å². The maximum Gasteiger partial charge on any atom is 0.280 e. The van der Waals surface area contributed by atoms with Crippen molar-refractivity contribution >= 4 is 43.6 Å². The summed E-state index contributed by atoms with van der Waals surface area (Å²) in [7, 11) is 0. The summed E-state index contributed by atoms with van der Waals surface area (Å²) in [6, 6.07) is 14.4. The standard InChI is InChI=1S/C18H12Br2F4S/c19-13(17(21)22)9-11-5-1-3-7-15(11)25-16-8-4-2-6-12(16)10-14(20)18(23)24/h1-8H,9-10H2. The van der Waals surface area contributed by atoms with Crippen LogP contribution in [-0.4, -0.2) is 0 Å². The molecule has 0 aromatic heterocycles. The van der Waals surface area contributed by atoms with Gasteiger partial charge in [0, 0.05) is 22.6 Å². The van der Waals surface area contributed by atoms with Crippen molar-refractivity contribution in [2.45, 2.75) is 22.6 Å². The summed E-state index contributed by atoms with van der Waals surface area (Å²) in [5.74, 6) is 0. The zero-order chi connectivity index (χ0) is 18.4. The summed E-state index contributed by atoms with van der Waals surface area (Å²) in [5, 5.41) is 0. The third-order valence-corrected chi connectivity index (χ3v) is 5.66. The van der Waals surface area contributed by atoms with Gasteiger partial charge < -0.3 is 0 Å². The molecule has 132 valence electrons. The van der Waals surface area contributed by atoms with Crippen LogP contribution in [-0.2, 0) is 12.8 Å². The first-order valence-electron chi connectivity index (χ1n) is 7.11. The molecule has 0 heterocycles. The normalized spacial score (nSPS) is 10.5. The second-order valence-electron chi connectivity index (χ2n) is 5.00. The maximum absolute atomic E-state index is 12.7. The van der Waals surface area contributed by atoms with Crippen LogP contribution in [0.4, 0.5) is 17.6 Å². The van der Waals surface area contributed by atoms with E-state index in [4.69, 9.17) is 0 Å². The number of hydrogen-bond donors (Lipinski definition) is 0. The molecule has 0 nitrogen and oxygen atoms in total. The van der Waals surface area contributed by atoms with Crippen molar-refractivity contribution in [3.63, 3.8) is 0 Å². The van der Waals surface area contributed by atoms with Gasteiger partial charge in [0.2, 0.25) is 0 Å². The summed E-state index contributed by atoms with van der Waals surface area (Å²) in [4.78, 5) is 1.60. The third kappa shape index (κ3) is 6.01. The van der Waals surface area contributed by atoms with Crippen molar-refractivity contribution in [3.05, 3.63) is 80.8 Å². The molecule has 0 saturated carbocycles. The van der Waals surface area contributed by atoms with Crippen LogP contribution in [0.15, 0.2) is 79.4 Å². The Kier molecular flexibility index (Phi) is 7.78. The molecule has 0 spiro atoms. The van der Waals surface area contributed by atoms with Crippen molar-refractivity contribution in [2.75, 3.05) is 0 Å². The van der Waals surface area contributed by atoms with Crippen LogP contribution in [0.25, 0.3) is 0 Å². The molecule has 0 aliphatic carbocycles. The van der Waals surface area contributed by atoms with Crippen LogP contribution in [0.5, 0.6) is 0 Å². The summed E-state index contributed by atoms with van der Waals surface area (Å²) in [6.07, 6.45) is -3.38. The fraction of sp³-hybridized carbons (Fsp3) is 0.111. The molecular formula is C18H12Br2F4S. The summed E-state index contributed by atoms with van der Waals surface area (Å²) in [5.41, 5.74) is 1.46. The number of hydrogen-bond acceptors (Lipinski definition) is 1. The molecule has 0 atom stereocenters. The lowest BCUT2D eigenvalue weighted by Gasteiger charge is -2.12. The maximum atomic E-state index is 12.7. The highest BCUT2D eigenvalue weighted by Gasteiger charge is 2.12. The van der Waals surface area contributed by atoms with Crippen LogP contribution in [0, 0.1) is 0 Å². The van der Waals surface area contributed by atoms with Gasteiger partial charge in [-0.05, 0) is 55.1 Å². The molecule has 0 saturated heterocycles. The van der Waals surface area contributed by atoms with E-state index in [1.54, 1.807) is 24.3 Å². The Morgan fingerprint density at radius 1 is 0.680 bits per heavy atom. The van der Waals surface area contributed by atoms with E-state index in [0.717, 1.165) is 20.9 Å². The molecule has 2 rings (SSSR count). The Hall–Kier alpha value is -1.05. The largest absolute Gasteiger partial charge is 0.280 e. The van der Waals surface area contributed by atoms with E-state index in [2.05, 4.69) is 31.9 Å². The molecule has 0 N–H and O–H groups in total. The minimum Gasteiger partial charge on any atom is -0.172 e. The van der Waals surface area contributed by atoms with E-state index in [1.807, 2.05) is 24.3 Å². The minimum absolute atomic E-state index is 0.0659. The van der Waals surface area contributed by atoms with Gasteiger partial charge in [-0.1, -0.05) is 48.2 Å². The summed E-state index contributed by atoms with van der Waals surface area (Å²) < 4.78 is 50.5. The van der Waals surface area contributed by atoms with E-state index in [1.165, 1.54) is 11.8 Å². The van der Waals surface area contributed by atoms with Gasteiger partial charge in [0.25, 0.3) is 12.2 Å². The quantitative estimate of drug-likeness (QED) is 0.366. The molecule has 7 heteroatoms. The Morgan fingerprint density at radius 2 is 1.04 bits per heavy atom. The highest BCUT2D eigenvalue weighted by Crippen LogP contribution is 2.36. The molecule has 0 amide bonds. The Labute approximate surface area is 164 Å². The molecule has 0 radical (unpaired) electrons. The molecule has 2 aromatic carbocycles. The molecule has 2 aromatic rings. The molecule has 0 fully saturated rings. The van der Waals surface area contributed by atoms with Gasteiger partial charge in [-0.2, -0.15) is 17.6 Å². The molecule has 0 bridgehead atoms. The van der Waals surface area contributed by atoms with Gasteiger partial charge in [-0.25, -0.2) is 0 Å². The summed E-state index contributed by atoms with van der Waals surface area (Å²) >= 11 is 7.14. The van der Waals surface area contributed by atoms with Crippen LogP contribution in [0.1, 0.15) is 11.1 Å². The van der Waals surface area contributed by atoms with Gasteiger partial charge in [0.05, 0.1) is 8.96 Å². The van der Waals surface area contributed by atoms with Gasteiger partial charge in [0.1, 0.15) is 0 Å². The number of allylic oxidation sites excluding steroid dienone is 2. The van der Waals surface area contributed by atoms with Gasteiger partial charge in [0.15, 0.2) is 0 Å². The number of halogens is 6. The van der Waals surface area contributed by atoms with E-state index >= 15 is 0 Å². The average Bonchev–Trinajstić information content (AvgIpc) is 2.58. The van der Waals surface area contributed by atoms with Gasteiger partial charge in [-0.15, -0.1) is 0 Å². The second-order valence-corrected chi connectivity index (χ2v) is 8.00. The van der Waals surface area contributed by atoms with E-state index < -0.39 is 12.2 Å². The first kappa shape index (κ1) is 20.3. The lowest BCUT2D eigenvalue weighted by molar-refractivity contribution is 0.416. The molecule has 25 heavy (non-hydrogen) atoms. The Morgan fingerprint density at radius 3 is 1.40 bits per heavy atom. The minimum atomic E-state index is -1.76. The first-order chi connectivity index (χ1) is 11.9. The number of benzene rings is 2. The van der Waals surface area contributed by atoms with Gasteiger partial charge in [-0.3, -0.25) is 0 Å². The fourth-order valence-electron chi connectivity index (χ4n) is 2.09. The molecule has 0 unspecified atom stereocenters. The summed E-state index contributed by atoms with van der Waals surface area (Å²) in [6.45, 7) is 0. The highest BCUT2D eigenvalue weighted by molar-refractivity contribution is 9.12. The van der Waals surface area contributed by atoms with Crippen LogP contribution >= 0.6 is 43.6 Å². The molecular weight excluding hydrogens is 484 g/mol. The van der Waals surface area contributed by atoms with Crippen LogP contribution < -0.4 is 0 Å². The predicted octanol–water partition coefficient (Wildman–Crippen LogP) is 7.93. The van der Waals surface area contributed by atoms with Crippen molar-refractivity contribution in [1.82, 2.24) is 0 Å². The predicted molar refractivity (Wildman–Crippen MR) is 101 cm³/mol. The van der Waals surface area contributed by atoms with Crippen molar-refractivity contribution in [1.29, 1.82) is 0 Å². The highest BCUT2D eigenvalue weighted by atomic mass is 79.9. The number of rotatable bonds is 6. The Balaban J connectivity index is 2.32. The monoisotopic (exact) mass is 494 g/mol. The van der Waals surface area contributed by atoms with Crippen LogP contribution in [0.3, 0.4) is 0 Å². The molecule has 0 aliphatic rings. The van der Waals surface area contributed by atoms with Crippen molar-refractivity contribution < 1.29 is 17.6 Å². The van der Waals surface area contributed by atoms with E-state index in [0.29, 0.717) is 0 Å². The average molecular weight is 496 g/mol. The zero-order valence-corrected chi connectivity index (χ0v) is 16.7. The topological polar surface area (TPSA) is 0 Å². The lowest BCUT2D eigenvalue weighted by atomic mass is 10.1. The fourth-order valence-corrected chi connectivity index (χ4v) is 3.76. The SMILES string of the molecule is FC(F)=C(Br)Cc1ccccc1Sc1ccccc1CC(Br)=C(F)F. The van der Waals surface area contributed by atoms with Crippen molar-refractivity contribution in [3.8, 4) is 0 Å². The third-order valence-electron chi connectivity index (χ3n) is 3.27. The zero-order valence-electron chi connectivity index (χ0n) is 12.7. The first-order valence-corrected chi connectivity index (χ1v) is 9.51. The lowest BCUT2D eigenvalue weighted by Crippen LogP contribution is -1.92. The van der Waals surface area contributed by atoms with Crippen LogP contribution in [0.2, 0.25) is 0 Å².